The van der Waals surface area contributed by atoms with Gasteiger partial charge >= 0.3 is 11.9 Å². The van der Waals surface area contributed by atoms with Crippen molar-refractivity contribution in [1.29, 1.82) is 0 Å². The first-order valence-corrected chi connectivity index (χ1v) is 9.23. The monoisotopic (exact) mass is 422 g/mol. The van der Waals surface area contributed by atoms with E-state index >= 15 is 0 Å². The van der Waals surface area contributed by atoms with Crippen LogP contribution in [0.4, 0.5) is 0 Å². The van der Waals surface area contributed by atoms with Crippen molar-refractivity contribution in [2.45, 2.75) is 50.2 Å². The summed E-state index contributed by atoms with van der Waals surface area (Å²) in [6, 6.07) is 5.17. The number of amides is 3. The zero-order valence-corrected chi connectivity index (χ0v) is 16.2. The number of primary amides is 1. The number of rotatable bonds is 13. The van der Waals surface area contributed by atoms with E-state index in [1.165, 1.54) is 0 Å². The van der Waals surface area contributed by atoms with Gasteiger partial charge in [-0.3, -0.25) is 19.2 Å². The summed E-state index contributed by atoms with van der Waals surface area (Å²) in [6.07, 6.45) is -1.04. The van der Waals surface area contributed by atoms with E-state index in [1.54, 1.807) is 30.3 Å². The van der Waals surface area contributed by atoms with Gasteiger partial charge in [-0.25, -0.2) is 4.79 Å². The van der Waals surface area contributed by atoms with Crippen molar-refractivity contribution in [3.8, 4) is 0 Å². The van der Waals surface area contributed by atoms with Gasteiger partial charge < -0.3 is 32.3 Å². The molecule has 1 rings (SSSR count). The highest BCUT2D eigenvalue weighted by atomic mass is 16.4. The van der Waals surface area contributed by atoms with Crippen LogP contribution < -0.4 is 22.1 Å². The summed E-state index contributed by atoms with van der Waals surface area (Å²) in [5.41, 5.74) is 11.7. The average molecular weight is 422 g/mol. The van der Waals surface area contributed by atoms with E-state index in [-0.39, 0.29) is 25.7 Å². The number of nitrogens with one attached hydrogen (secondary N) is 2. The van der Waals surface area contributed by atoms with Crippen LogP contribution in [0.5, 0.6) is 0 Å². The van der Waals surface area contributed by atoms with E-state index in [4.69, 9.17) is 16.6 Å². The lowest BCUT2D eigenvalue weighted by atomic mass is 10.0. The van der Waals surface area contributed by atoms with Crippen LogP contribution >= 0.6 is 0 Å². The number of carboxylic acid groups (broad SMARTS) is 2. The average Bonchev–Trinajstić information content (AvgIpc) is 2.68. The van der Waals surface area contributed by atoms with E-state index in [9.17, 15) is 29.1 Å². The predicted octanol–water partition coefficient (Wildman–Crippen LogP) is -1.26. The quantitative estimate of drug-likeness (QED) is 0.226. The first-order chi connectivity index (χ1) is 14.1. The van der Waals surface area contributed by atoms with Gasteiger partial charge in [0.15, 0.2) is 0 Å². The molecule has 0 aromatic heterocycles. The molecule has 1 aromatic rings. The van der Waals surface area contributed by atoms with Crippen LogP contribution in [-0.2, 0) is 30.4 Å². The van der Waals surface area contributed by atoms with E-state index in [1.807, 2.05) is 0 Å². The Bertz CT molecular complexity index is 769. The Balaban J connectivity index is 2.81. The lowest BCUT2D eigenvalue weighted by Crippen LogP contribution is -2.55. The summed E-state index contributed by atoms with van der Waals surface area (Å²) in [5.74, 6) is -4.91. The van der Waals surface area contributed by atoms with Gasteiger partial charge in [0.25, 0.3) is 0 Å². The van der Waals surface area contributed by atoms with Gasteiger partial charge in [0, 0.05) is 12.8 Å². The molecule has 0 heterocycles. The molecule has 11 nitrogen and oxygen atoms in total. The van der Waals surface area contributed by atoms with Gasteiger partial charge in [0.2, 0.25) is 17.7 Å². The fraction of sp³-hybridized carbons (Fsp3) is 0.421. The fourth-order valence-electron chi connectivity index (χ4n) is 2.59. The van der Waals surface area contributed by atoms with Crippen LogP contribution in [0.3, 0.4) is 0 Å². The normalized spacial score (nSPS) is 13.5. The SMILES string of the molecule is NC(=O)CCC(NC(=O)C(CCC(=O)O)NC(=O)C(N)Cc1ccccc1)C(=O)O. The van der Waals surface area contributed by atoms with Crippen molar-refractivity contribution < 1.29 is 34.2 Å². The summed E-state index contributed by atoms with van der Waals surface area (Å²) in [6.45, 7) is 0. The number of carbonyl (C=O) groups excluding carboxylic acids is 3. The van der Waals surface area contributed by atoms with Crippen molar-refractivity contribution in [2.75, 3.05) is 0 Å². The molecule has 8 N–H and O–H groups in total. The van der Waals surface area contributed by atoms with Gasteiger partial charge in [-0.1, -0.05) is 30.3 Å². The lowest BCUT2D eigenvalue weighted by molar-refractivity contribution is -0.143. The molecule has 0 saturated heterocycles. The topological polar surface area (TPSA) is 202 Å². The maximum atomic E-state index is 12.5. The third-order valence-electron chi connectivity index (χ3n) is 4.21. The molecule has 3 unspecified atom stereocenters. The molecule has 0 spiro atoms. The smallest absolute Gasteiger partial charge is 0.326 e. The van der Waals surface area contributed by atoms with Crippen LogP contribution in [0.2, 0.25) is 0 Å². The van der Waals surface area contributed by atoms with Crippen molar-refractivity contribution in [3.05, 3.63) is 35.9 Å². The lowest BCUT2D eigenvalue weighted by Gasteiger charge is -2.22. The Morgan fingerprint density at radius 3 is 1.97 bits per heavy atom. The highest BCUT2D eigenvalue weighted by Gasteiger charge is 2.28. The van der Waals surface area contributed by atoms with E-state index < -0.39 is 54.2 Å². The summed E-state index contributed by atoms with van der Waals surface area (Å²) in [4.78, 5) is 57.9. The van der Waals surface area contributed by atoms with Crippen LogP contribution in [0.25, 0.3) is 0 Å². The van der Waals surface area contributed by atoms with Crippen molar-refractivity contribution in [1.82, 2.24) is 10.6 Å². The number of benzene rings is 1. The molecule has 0 aliphatic carbocycles. The van der Waals surface area contributed by atoms with Gasteiger partial charge in [0.1, 0.15) is 12.1 Å². The second kappa shape index (κ2) is 12.2. The number of carboxylic acids is 2. The second-order valence-electron chi connectivity index (χ2n) is 6.69. The number of carbonyl (C=O) groups is 5. The first kappa shape index (κ1) is 24.6. The molecule has 0 aliphatic rings. The molecule has 0 bridgehead atoms. The summed E-state index contributed by atoms with van der Waals surface area (Å²) >= 11 is 0. The van der Waals surface area contributed by atoms with Crippen LogP contribution in [-0.4, -0.2) is 58.0 Å². The minimum Gasteiger partial charge on any atom is -0.481 e. The Morgan fingerprint density at radius 2 is 1.43 bits per heavy atom. The second-order valence-corrected chi connectivity index (χ2v) is 6.69. The molecule has 0 saturated carbocycles. The summed E-state index contributed by atoms with van der Waals surface area (Å²) in [7, 11) is 0. The first-order valence-electron chi connectivity index (χ1n) is 9.23. The molecule has 0 radical (unpaired) electrons. The van der Waals surface area contributed by atoms with Gasteiger partial charge in [-0.05, 0) is 24.8 Å². The molecule has 0 fully saturated rings. The van der Waals surface area contributed by atoms with Crippen molar-refractivity contribution in [3.63, 3.8) is 0 Å². The Hall–Kier alpha value is -3.47. The largest absolute Gasteiger partial charge is 0.481 e. The van der Waals surface area contributed by atoms with Crippen LogP contribution in [0, 0.1) is 0 Å². The predicted molar refractivity (Wildman–Crippen MR) is 105 cm³/mol. The number of aliphatic carboxylic acids is 2. The number of hydrogen-bond acceptors (Lipinski definition) is 6. The molecule has 3 amide bonds. The van der Waals surface area contributed by atoms with Gasteiger partial charge in [-0.15, -0.1) is 0 Å². The van der Waals surface area contributed by atoms with E-state index in [0.29, 0.717) is 0 Å². The molecular formula is C19H26N4O7. The number of nitrogens with two attached hydrogens (primary N) is 2. The van der Waals surface area contributed by atoms with Crippen LogP contribution in [0.1, 0.15) is 31.2 Å². The zero-order valence-electron chi connectivity index (χ0n) is 16.2. The number of hydrogen-bond donors (Lipinski definition) is 6. The zero-order chi connectivity index (χ0) is 22.7. The molecule has 30 heavy (non-hydrogen) atoms. The molecule has 164 valence electrons. The van der Waals surface area contributed by atoms with Crippen molar-refractivity contribution in [2.24, 2.45) is 11.5 Å². The standard InChI is InChI=1S/C19H26N4O7/c20-12(10-11-4-2-1-3-5-11)17(27)22-13(7-9-16(25)26)18(28)23-14(19(29)30)6-8-15(21)24/h1-5,12-14H,6-10,20H2,(H2,21,24)(H,22,27)(H,23,28)(H,25,26)(H,29,30). The van der Waals surface area contributed by atoms with Gasteiger partial charge in [0.05, 0.1) is 6.04 Å². The molecule has 3 atom stereocenters. The Kier molecular flexibility index (Phi) is 9.97. The molecule has 11 heteroatoms. The van der Waals surface area contributed by atoms with E-state index in [2.05, 4.69) is 10.6 Å². The molecular weight excluding hydrogens is 396 g/mol. The highest BCUT2D eigenvalue weighted by molar-refractivity contribution is 5.92. The fourth-order valence-corrected chi connectivity index (χ4v) is 2.59. The van der Waals surface area contributed by atoms with Crippen LogP contribution in [0.15, 0.2) is 30.3 Å². The van der Waals surface area contributed by atoms with E-state index in [0.717, 1.165) is 5.56 Å². The van der Waals surface area contributed by atoms with Crippen molar-refractivity contribution >= 4 is 29.7 Å². The third-order valence-corrected chi connectivity index (χ3v) is 4.21. The minimum absolute atomic E-state index is 0.191. The maximum absolute atomic E-state index is 12.5. The molecule has 0 aliphatic heterocycles. The highest BCUT2D eigenvalue weighted by Crippen LogP contribution is 2.05. The molecule has 1 aromatic carbocycles. The summed E-state index contributed by atoms with van der Waals surface area (Å²) < 4.78 is 0. The summed E-state index contributed by atoms with van der Waals surface area (Å²) in [5, 5.41) is 22.7. The van der Waals surface area contributed by atoms with Gasteiger partial charge in [-0.2, -0.15) is 0 Å². The minimum atomic E-state index is -1.42. The third kappa shape index (κ3) is 9.15. The Labute approximate surface area is 172 Å². The maximum Gasteiger partial charge on any atom is 0.326 e. The Morgan fingerprint density at radius 1 is 0.867 bits per heavy atom.